The Kier molecular flexibility index (Phi) is 6.17. The number of hydrogen-bond acceptors (Lipinski definition) is 4. The summed E-state index contributed by atoms with van der Waals surface area (Å²) in [6, 6.07) is 7.10. The second-order valence-corrected chi connectivity index (χ2v) is 5.80. The number of amides is 1. The van der Waals surface area contributed by atoms with Crippen molar-refractivity contribution in [1.29, 1.82) is 0 Å². The summed E-state index contributed by atoms with van der Waals surface area (Å²) in [5, 5.41) is 0.562. The summed E-state index contributed by atoms with van der Waals surface area (Å²) in [6.45, 7) is 2.76. The maximum absolute atomic E-state index is 12.8. The normalized spacial score (nSPS) is 16.2. The molecule has 24 heavy (non-hydrogen) atoms. The molecule has 1 aromatic carbocycles. The molecule has 5 nitrogen and oxygen atoms in total. The Labute approximate surface area is 146 Å². The van der Waals surface area contributed by atoms with E-state index in [1.165, 1.54) is 7.11 Å². The highest BCUT2D eigenvalue weighted by atomic mass is 35.5. The molecule has 0 radical (unpaired) electrons. The molecule has 1 amide bonds. The molecule has 0 fully saturated rings. The molecule has 1 aromatic rings. The number of benzene rings is 1. The highest BCUT2D eigenvalue weighted by Crippen LogP contribution is 2.32. The minimum absolute atomic E-state index is 0.219. The average molecular weight is 350 g/mol. The number of carbonyl (C=O) groups excluding carboxylic acids is 2. The van der Waals surface area contributed by atoms with Crippen LogP contribution in [0.1, 0.15) is 18.9 Å². The second kappa shape index (κ2) is 8.13. The van der Waals surface area contributed by atoms with Gasteiger partial charge in [-0.05, 0) is 37.1 Å². The summed E-state index contributed by atoms with van der Waals surface area (Å²) < 4.78 is 9.88. The van der Waals surface area contributed by atoms with Crippen LogP contribution in [0, 0.1) is 0 Å². The first-order chi connectivity index (χ1) is 11.5. The predicted molar refractivity (Wildman–Crippen MR) is 92.4 cm³/mol. The van der Waals surface area contributed by atoms with Crippen LogP contribution in [0.3, 0.4) is 0 Å². The minimum Gasteiger partial charge on any atom is -0.465 e. The lowest BCUT2D eigenvalue weighted by molar-refractivity contribution is -0.136. The molecule has 0 saturated heterocycles. The molecular weight excluding hydrogens is 330 g/mol. The first-order valence-corrected chi connectivity index (χ1v) is 7.95. The molecule has 6 heteroatoms. The lowest BCUT2D eigenvalue weighted by Crippen LogP contribution is -2.26. The van der Waals surface area contributed by atoms with Crippen molar-refractivity contribution < 1.29 is 19.1 Å². The van der Waals surface area contributed by atoms with Crippen LogP contribution in [0.15, 0.2) is 41.1 Å². The topological polar surface area (TPSA) is 55.8 Å². The molecule has 0 saturated carbocycles. The van der Waals surface area contributed by atoms with Gasteiger partial charge in [0.1, 0.15) is 0 Å². The maximum atomic E-state index is 12.8. The van der Waals surface area contributed by atoms with E-state index < -0.39 is 5.97 Å². The molecule has 0 atom stereocenters. The number of methoxy groups -OCH3 is 2. The van der Waals surface area contributed by atoms with Gasteiger partial charge in [-0.2, -0.15) is 0 Å². The highest BCUT2D eigenvalue weighted by Gasteiger charge is 2.36. The molecule has 0 unspecified atom stereocenters. The minimum atomic E-state index is -0.525. The van der Waals surface area contributed by atoms with Crippen molar-refractivity contribution in [2.45, 2.75) is 13.3 Å². The van der Waals surface area contributed by atoms with Crippen molar-refractivity contribution in [3.05, 3.63) is 51.7 Å². The van der Waals surface area contributed by atoms with E-state index >= 15 is 0 Å². The largest absolute Gasteiger partial charge is 0.465 e. The molecule has 2 rings (SSSR count). The van der Waals surface area contributed by atoms with Crippen LogP contribution in [0.2, 0.25) is 5.02 Å². The van der Waals surface area contributed by atoms with Crippen LogP contribution in [-0.2, 0) is 19.1 Å². The third kappa shape index (κ3) is 3.86. The average Bonchev–Trinajstić information content (AvgIpc) is 2.79. The van der Waals surface area contributed by atoms with Crippen molar-refractivity contribution in [3.8, 4) is 0 Å². The third-order valence-corrected chi connectivity index (χ3v) is 4.03. The first-order valence-electron chi connectivity index (χ1n) is 7.57. The molecule has 0 aliphatic carbocycles. The zero-order valence-electron chi connectivity index (χ0n) is 14.0. The van der Waals surface area contributed by atoms with Gasteiger partial charge in [0.05, 0.1) is 18.3 Å². The van der Waals surface area contributed by atoms with Crippen LogP contribution in [0.25, 0.3) is 6.08 Å². The van der Waals surface area contributed by atoms with Crippen LogP contribution >= 0.6 is 11.6 Å². The number of nitrogens with zero attached hydrogens (tertiary/aromatic N) is 1. The zero-order chi connectivity index (χ0) is 17.7. The van der Waals surface area contributed by atoms with Gasteiger partial charge < -0.3 is 14.4 Å². The quantitative estimate of drug-likeness (QED) is 0.450. The fourth-order valence-electron chi connectivity index (χ4n) is 2.63. The Morgan fingerprint density at radius 3 is 2.71 bits per heavy atom. The van der Waals surface area contributed by atoms with Crippen LogP contribution < -0.4 is 0 Å². The van der Waals surface area contributed by atoms with Crippen LogP contribution in [0.4, 0.5) is 0 Å². The number of halogens is 1. The van der Waals surface area contributed by atoms with Gasteiger partial charge in [0, 0.05) is 31.0 Å². The lowest BCUT2D eigenvalue weighted by Gasteiger charge is -2.17. The fourth-order valence-corrected chi connectivity index (χ4v) is 2.83. The third-order valence-electron chi connectivity index (χ3n) is 3.79. The molecule has 0 spiro atoms. The van der Waals surface area contributed by atoms with E-state index in [9.17, 15) is 9.59 Å². The number of hydrogen-bond donors (Lipinski definition) is 0. The second-order valence-electron chi connectivity index (χ2n) is 5.37. The fraction of sp³-hybridized carbons (Fsp3) is 0.333. The molecule has 0 N–H and O–H groups in total. The van der Waals surface area contributed by atoms with E-state index in [4.69, 9.17) is 21.1 Å². The SMILES string of the molecule is COCCCN1C(=O)/C(=C\c2cccc(Cl)c2)C(C(=O)OC)=C1C. The molecule has 1 aliphatic heterocycles. The van der Waals surface area contributed by atoms with Crippen molar-refractivity contribution in [2.24, 2.45) is 0 Å². The monoisotopic (exact) mass is 349 g/mol. The van der Waals surface area contributed by atoms with Gasteiger partial charge in [-0.15, -0.1) is 0 Å². The van der Waals surface area contributed by atoms with E-state index in [1.807, 2.05) is 6.07 Å². The van der Waals surface area contributed by atoms with Gasteiger partial charge in [-0.1, -0.05) is 23.7 Å². The maximum Gasteiger partial charge on any atom is 0.340 e. The van der Waals surface area contributed by atoms with Crippen molar-refractivity contribution in [3.63, 3.8) is 0 Å². The molecule has 1 heterocycles. The van der Waals surface area contributed by atoms with E-state index in [0.717, 1.165) is 5.56 Å². The Balaban J connectivity index is 2.41. The Hall–Kier alpha value is -2.11. The Bertz CT molecular complexity index is 709. The summed E-state index contributed by atoms with van der Waals surface area (Å²) in [5.74, 6) is -0.743. The van der Waals surface area contributed by atoms with Gasteiger partial charge in [0.25, 0.3) is 5.91 Å². The lowest BCUT2D eigenvalue weighted by atomic mass is 10.0. The smallest absolute Gasteiger partial charge is 0.340 e. The van der Waals surface area contributed by atoms with E-state index in [2.05, 4.69) is 0 Å². The summed E-state index contributed by atoms with van der Waals surface area (Å²) in [4.78, 5) is 26.5. The number of rotatable bonds is 6. The predicted octanol–water partition coefficient (Wildman–Crippen LogP) is 3.05. The number of esters is 1. The molecular formula is C18H20ClNO4. The molecule has 128 valence electrons. The summed E-state index contributed by atoms with van der Waals surface area (Å²) >= 11 is 5.99. The van der Waals surface area contributed by atoms with Gasteiger partial charge >= 0.3 is 5.97 Å². The highest BCUT2D eigenvalue weighted by molar-refractivity contribution is 6.30. The van der Waals surface area contributed by atoms with Gasteiger partial charge in [0.15, 0.2) is 0 Å². The molecule has 0 bridgehead atoms. The van der Waals surface area contributed by atoms with Crippen molar-refractivity contribution >= 4 is 29.6 Å². The summed E-state index contributed by atoms with van der Waals surface area (Å²) in [5.41, 5.74) is 1.95. The standard InChI is InChI=1S/C18H20ClNO4/c1-12-16(18(22)24-3)15(11-13-6-4-7-14(19)10-13)17(21)20(12)8-5-9-23-2/h4,6-7,10-11H,5,8-9H2,1-3H3/b15-11-. The van der Waals surface area contributed by atoms with Crippen molar-refractivity contribution in [1.82, 2.24) is 4.90 Å². The number of allylic oxidation sites excluding steroid dienone is 1. The Morgan fingerprint density at radius 1 is 1.33 bits per heavy atom. The first kappa shape index (κ1) is 18.2. The van der Waals surface area contributed by atoms with Gasteiger partial charge in [-0.25, -0.2) is 4.79 Å². The van der Waals surface area contributed by atoms with Crippen molar-refractivity contribution in [2.75, 3.05) is 27.4 Å². The summed E-state index contributed by atoms with van der Waals surface area (Å²) in [7, 11) is 2.91. The van der Waals surface area contributed by atoms with Crippen LogP contribution in [0.5, 0.6) is 0 Å². The summed E-state index contributed by atoms with van der Waals surface area (Å²) in [6.07, 6.45) is 2.35. The number of ether oxygens (including phenoxy) is 2. The van der Waals surface area contributed by atoms with E-state index in [-0.39, 0.29) is 5.91 Å². The number of carbonyl (C=O) groups is 2. The molecule has 0 aromatic heterocycles. The van der Waals surface area contributed by atoms with Gasteiger partial charge in [-0.3, -0.25) is 4.79 Å². The van der Waals surface area contributed by atoms with E-state index in [0.29, 0.717) is 41.4 Å². The van der Waals surface area contributed by atoms with Crippen LogP contribution in [-0.4, -0.2) is 44.1 Å². The molecule has 1 aliphatic rings. The van der Waals surface area contributed by atoms with E-state index in [1.54, 1.807) is 43.2 Å². The Morgan fingerprint density at radius 2 is 2.08 bits per heavy atom. The van der Waals surface area contributed by atoms with Gasteiger partial charge in [0.2, 0.25) is 0 Å². The zero-order valence-corrected chi connectivity index (χ0v) is 14.7.